The molecule has 2 unspecified atom stereocenters. The van der Waals surface area contributed by atoms with Crippen LogP contribution < -0.4 is 0 Å². The van der Waals surface area contributed by atoms with Gasteiger partial charge in [0.1, 0.15) is 0 Å². The van der Waals surface area contributed by atoms with E-state index >= 15 is 0 Å². The fraction of sp³-hybridized carbons (Fsp3) is 1.00. The van der Waals surface area contributed by atoms with Crippen LogP contribution in [0.25, 0.3) is 0 Å². The molecule has 2 fully saturated rings. The Morgan fingerprint density at radius 3 is 2.40 bits per heavy atom. The number of likely N-dealkylation sites (tertiary alicyclic amines) is 1. The normalized spacial score (nSPS) is 35.4. The Labute approximate surface area is 91.2 Å². The molecule has 15 heavy (non-hydrogen) atoms. The van der Waals surface area contributed by atoms with E-state index in [1.165, 1.54) is 6.42 Å². The van der Waals surface area contributed by atoms with Crippen molar-refractivity contribution in [3.05, 3.63) is 0 Å². The lowest BCUT2D eigenvalue weighted by atomic mass is 10.0. The molecule has 4 nitrogen and oxygen atoms in total. The molecule has 0 radical (unpaired) electrons. The summed E-state index contributed by atoms with van der Waals surface area (Å²) in [5.74, 6) is 0.0699. The number of ether oxygens (including phenoxy) is 2. The van der Waals surface area contributed by atoms with Crippen LogP contribution in [0, 0.1) is 5.92 Å². The summed E-state index contributed by atoms with van der Waals surface area (Å²) < 4.78 is 10.6. The topological polar surface area (TPSA) is 41.9 Å². The van der Waals surface area contributed by atoms with Crippen molar-refractivity contribution in [1.82, 2.24) is 4.90 Å². The molecule has 1 N–H and O–H groups in total. The van der Waals surface area contributed by atoms with Crippen molar-refractivity contribution in [2.75, 3.05) is 33.9 Å². The molecular formula is C11H21NO3. The number of aliphatic hydroxyl groups is 1. The molecule has 0 aromatic rings. The van der Waals surface area contributed by atoms with Gasteiger partial charge in [0.15, 0.2) is 5.79 Å². The molecule has 0 spiro atoms. The predicted octanol–water partition coefficient (Wildman–Crippen LogP) is 0.452. The van der Waals surface area contributed by atoms with Crippen LogP contribution in [0.2, 0.25) is 0 Å². The third kappa shape index (κ3) is 2.18. The molecule has 2 aliphatic rings. The maximum atomic E-state index is 9.71. The van der Waals surface area contributed by atoms with Gasteiger partial charge in [-0.2, -0.15) is 0 Å². The molecule has 1 aliphatic carbocycles. The summed E-state index contributed by atoms with van der Waals surface area (Å²) in [6.45, 7) is 2.63. The molecule has 0 aromatic carbocycles. The Morgan fingerprint density at radius 1 is 1.27 bits per heavy atom. The number of hydrogen-bond donors (Lipinski definition) is 1. The summed E-state index contributed by atoms with van der Waals surface area (Å²) in [6.07, 6.45) is 3.20. The van der Waals surface area contributed by atoms with Gasteiger partial charge >= 0.3 is 0 Å². The SMILES string of the molecule is COC1(OC)CN(CC2CCCC2O)C1. The van der Waals surface area contributed by atoms with Crippen molar-refractivity contribution in [2.45, 2.75) is 31.2 Å². The summed E-state index contributed by atoms with van der Waals surface area (Å²) >= 11 is 0. The van der Waals surface area contributed by atoms with E-state index in [0.717, 1.165) is 32.5 Å². The fourth-order valence-corrected chi connectivity index (χ4v) is 2.67. The highest BCUT2D eigenvalue weighted by Crippen LogP contribution is 2.31. The third-order valence-corrected chi connectivity index (χ3v) is 3.78. The van der Waals surface area contributed by atoms with Gasteiger partial charge in [0, 0.05) is 20.8 Å². The van der Waals surface area contributed by atoms with Gasteiger partial charge in [0.05, 0.1) is 19.2 Å². The highest BCUT2D eigenvalue weighted by molar-refractivity contribution is 4.92. The van der Waals surface area contributed by atoms with E-state index in [2.05, 4.69) is 4.90 Å². The first-order valence-electron chi connectivity index (χ1n) is 5.70. The summed E-state index contributed by atoms with van der Waals surface area (Å²) in [6, 6.07) is 0. The smallest absolute Gasteiger partial charge is 0.193 e. The highest BCUT2D eigenvalue weighted by atomic mass is 16.7. The lowest BCUT2D eigenvalue weighted by Crippen LogP contribution is -2.64. The predicted molar refractivity (Wildman–Crippen MR) is 56.5 cm³/mol. The molecule has 1 aliphatic heterocycles. The van der Waals surface area contributed by atoms with Gasteiger partial charge in [0.25, 0.3) is 0 Å². The van der Waals surface area contributed by atoms with Gasteiger partial charge in [-0.05, 0) is 18.8 Å². The van der Waals surface area contributed by atoms with Gasteiger partial charge in [-0.15, -0.1) is 0 Å². The van der Waals surface area contributed by atoms with Crippen LogP contribution in [0.1, 0.15) is 19.3 Å². The van der Waals surface area contributed by atoms with E-state index in [4.69, 9.17) is 9.47 Å². The van der Waals surface area contributed by atoms with Gasteiger partial charge in [-0.3, -0.25) is 4.90 Å². The van der Waals surface area contributed by atoms with E-state index in [9.17, 15) is 5.11 Å². The summed E-state index contributed by atoms with van der Waals surface area (Å²) in [4.78, 5) is 2.30. The zero-order chi connectivity index (χ0) is 10.9. The summed E-state index contributed by atoms with van der Waals surface area (Å²) in [5, 5.41) is 9.71. The van der Waals surface area contributed by atoms with Crippen molar-refractivity contribution in [1.29, 1.82) is 0 Å². The van der Waals surface area contributed by atoms with Gasteiger partial charge in [-0.25, -0.2) is 0 Å². The Kier molecular flexibility index (Phi) is 3.30. The Hall–Kier alpha value is -0.160. The molecule has 1 saturated carbocycles. The van der Waals surface area contributed by atoms with E-state index in [1.54, 1.807) is 14.2 Å². The van der Waals surface area contributed by atoms with Gasteiger partial charge < -0.3 is 14.6 Å². The van der Waals surface area contributed by atoms with Crippen LogP contribution in [-0.2, 0) is 9.47 Å². The number of methoxy groups -OCH3 is 2. The van der Waals surface area contributed by atoms with E-state index in [1.807, 2.05) is 0 Å². The first kappa shape index (κ1) is 11.3. The minimum atomic E-state index is -0.385. The monoisotopic (exact) mass is 215 g/mol. The minimum absolute atomic E-state index is 0.0925. The van der Waals surface area contributed by atoms with E-state index in [0.29, 0.717) is 5.92 Å². The molecule has 0 amide bonds. The maximum absolute atomic E-state index is 9.71. The minimum Gasteiger partial charge on any atom is -0.393 e. The number of rotatable bonds is 4. The molecule has 4 heteroatoms. The fourth-order valence-electron chi connectivity index (χ4n) is 2.67. The molecule has 1 saturated heterocycles. The lowest BCUT2D eigenvalue weighted by molar-refractivity contribution is -0.277. The van der Waals surface area contributed by atoms with Crippen molar-refractivity contribution in [3.8, 4) is 0 Å². The second kappa shape index (κ2) is 4.37. The largest absolute Gasteiger partial charge is 0.393 e. The molecule has 2 atom stereocenters. The van der Waals surface area contributed by atoms with Crippen LogP contribution in [0.3, 0.4) is 0 Å². The first-order valence-corrected chi connectivity index (χ1v) is 5.70. The molecule has 0 aromatic heterocycles. The standard InChI is InChI=1S/C11H21NO3/c1-14-11(15-2)7-12(8-11)6-9-4-3-5-10(9)13/h9-10,13H,3-8H2,1-2H3. The van der Waals surface area contributed by atoms with Crippen LogP contribution >= 0.6 is 0 Å². The van der Waals surface area contributed by atoms with Crippen molar-refractivity contribution < 1.29 is 14.6 Å². The average molecular weight is 215 g/mol. The van der Waals surface area contributed by atoms with Crippen LogP contribution in [0.4, 0.5) is 0 Å². The third-order valence-electron chi connectivity index (χ3n) is 3.78. The van der Waals surface area contributed by atoms with Gasteiger partial charge in [0.2, 0.25) is 0 Å². The van der Waals surface area contributed by atoms with E-state index in [-0.39, 0.29) is 11.9 Å². The zero-order valence-corrected chi connectivity index (χ0v) is 9.61. The lowest BCUT2D eigenvalue weighted by Gasteiger charge is -2.48. The highest BCUT2D eigenvalue weighted by Gasteiger charge is 2.44. The summed E-state index contributed by atoms with van der Waals surface area (Å²) in [7, 11) is 3.37. The number of hydrogen-bond acceptors (Lipinski definition) is 4. The Balaban J connectivity index is 1.75. The Bertz CT molecular complexity index is 210. The average Bonchev–Trinajstić information content (AvgIpc) is 2.57. The second-order valence-corrected chi connectivity index (χ2v) is 4.75. The molecule has 88 valence electrons. The van der Waals surface area contributed by atoms with Gasteiger partial charge in [-0.1, -0.05) is 6.42 Å². The molecule has 0 bridgehead atoms. The molecule has 1 heterocycles. The van der Waals surface area contributed by atoms with Crippen LogP contribution in [0.5, 0.6) is 0 Å². The van der Waals surface area contributed by atoms with Crippen molar-refractivity contribution in [3.63, 3.8) is 0 Å². The van der Waals surface area contributed by atoms with Crippen LogP contribution in [-0.4, -0.2) is 55.8 Å². The summed E-state index contributed by atoms with van der Waals surface area (Å²) in [5.41, 5.74) is 0. The second-order valence-electron chi connectivity index (χ2n) is 4.75. The number of aliphatic hydroxyl groups excluding tert-OH is 1. The number of nitrogens with zero attached hydrogens (tertiary/aromatic N) is 1. The van der Waals surface area contributed by atoms with Crippen LogP contribution in [0.15, 0.2) is 0 Å². The molecule has 2 rings (SSSR count). The molecular weight excluding hydrogens is 194 g/mol. The van der Waals surface area contributed by atoms with E-state index < -0.39 is 0 Å². The maximum Gasteiger partial charge on any atom is 0.193 e. The Morgan fingerprint density at radius 2 is 1.93 bits per heavy atom. The zero-order valence-electron chi connectivity index (χ0n) is 9.61. The van der Waals surface area contributed by atoms with Crippen molar-refractivity contribution >= 4 is 0 Å². The quantitative estimate of drug-likeness (QED) is 0.691. The first-order chi connectivity index (χ1) is 7.19. The van der Waals surface area contributed by atoms with Crippen molar-refractivity contribution in [2.24, 2.45) is 5.92 Å².